The molecule has 1 amide bonds. The fourth-order valence-electron chi connectivity index (χ4n) is 2.85. The number of aryl methyl sites for hydroxylation is 1. The number of amides is 1. The zero-order valence-electron chi connectivity index (χ0n) is 13.8. The Kier molecular flexibility index (Phi) is 6.62. The number of hydrogen-bond acceptors (Lipinski definition) is 4. The van der Waals surface area contributed by atoms with Gasteiger partial charge in [-0.2, -0.15) is 0 Å². The third-order valence-electron chi connectivity index (χ3n) is 4.09. The van der Waals surface area contributed by atoms with E-state index >= 15 is 0 Å². The van der Waals surface area contributed by atoms with Crippen LogP contribution in [0.5, 0.6) is 0 Å². The summed E-state index contributed by atoms with van der Waals surface area (Å²) in [7, 11) is 0. The SMILES string of the molecule is CCCCCNC(=O)c1cc(C)nc(NC2CCCCC2)n1. The maximum Gasteiger partial charge on any atom is 0.270 e. The Morgan fingerprint density at radius 2 is 2.00 bits per heavy atom. The first-order valence-electron chi connectivity index (χ1n) is 8.59. The molecule has 0 radical (unpaired) electrons. The van der Waals surface area contributed by atoms with Crippen LogP contribution >= 0.6 is 0 Å². The lowest BCUT2D eigenvalue weighted by molar-refractivity contribution is 0.0948. The predicted molar refractivity (Wildman–Crippen MR) is 89.1 cm³/mol. The number of aromatic nitrogens is 2. The third-order valence-corrected chi connectivity index (χ3v) is 4.09. The summed E-state index contributed by atoms with van der Waals surface area (Å²) in [6, 6.07) is 2.19. The molecule has 122 valence electrons. The number of rotatable bonds is 7. The van der Waals surface area contributed by atoms with Gasteiger partial charge in [0, 0.05) is 18.3 Å². The third kappa shape index (κ3) is 5.28. The van der Waals surface area contributed by atoms with Crippen LogP contribution < -0.4 is 10.6 Å². The van der Waals surface area contributed by atoms with Gasteiger partial charge in [-0.05, 0) is 32.3 Å². The molecule has 0 saturated heterocycles. The monoisotopic (exact) mass is 304 g/mol. The second-order valence-electron chi connectivity index (χ2n) is 6.16. The molecule has 5 heteroatoms. The first-order valence-corrected chi connectivity index (χ1v) is 8.59. The second kappa shape index (κ2) is 8.71. The van der Waals surface area contributed by atoms with Gasteiger partial charge in [-0.3, -0.25) is 4.79 Å². The van der Waals surface area contributed by atoms with Crippen LogP contribution in [0.15, 0.2) is 6.07 Å². The first-order chi connectivity index (χ1) is 10.7. The van der Waals surface area contributed by atoms with Gasteiger partial charge < -0.3 is 10.6 Å². The zero-order valence-corrected chi connectivity index (χ0v) is 13.8. The van der Waals surface area contributed by atoms with Crippen LogP contribution in [0.4, 0.5) is 5.95 Å². The minimum absolute atomic E-state index is 0.103. The molecule has 0 aromatic carbocycles. The van der Waals surface area contributed by atoms with Gasteiger partial charge in [0.05, 0.1) is 0 Å². The number of anilines is 1. The summed E-state index contributed by atoms with van der Waals surface area (Å²) in [6.45, 7) is 4.77. The number of carbonyl (C=O) groups excluding carboxylic acids is 1. The van der Waals surface area contributed by atoms with E-state index in [1.54, 1.807) is 6.07 Å². The second-order valence-corrected chi connectivity index (χ2v) is 6.16. The van der Waals surface area contributed by atoms with Crippen molar-refractivity contribution in [2.45, 2.75) is 71.3 Å². The van der Waals surface area contributed by atoms with Crippen molar-refractivity contribution in [1.29, 1.82) is 0 Å². The highest BCUT2D eigenvalue weighted by atomic mass is 16.1. The lowest BCUT2D eigenvalue weighted by Crippen LogP contribution is -2.27. The topological polar surface area (TPSA) is 66.9 Å². The molecule has 5 nitrogen and oxygen atoms in total. The molecule has 2 rings (SSSR count). The molecule has 1 aliphatic rings. The molecular weight excluding hydrogens is 276 g/mol. The lowest BCUT2D eigenvalue weighted by atomic mass is 9.96. The first kappa shape index (κ1) is 16.7. The minimum atomic E-state index is -0.103. The van der Waals surface area contributed by atoms with Crippen molar-refractivity contribution in [3.63, 3.8) is 0 Å². The minimum Gasteiger partial charge on any atom is -0.351 e. The Labute approximate surface area is 133 Å². The summed E-state index contributed by atoms with van der Waals surface area (Å²) in [5.41, 5.74) is 1.29. The Morgan fingerprint density at radius 1 is 1.23 bits per heavy atom. The molecule has 1 aliphatic carbocycles. The van der Waals surface area contributed by atoms with E-state index < -0.39 is 0 Å². The maximum atomic E-state index is 12.2. The van der Waals surface area contributed by atoms with Crippen molar-refractivity contribution in [3.8, 4) is 0 Å². The van der Waals surface area contributed by atoms with Crippen molar-refractivity contribution in [2.24, 2.45) is 0 Å². The number of carbonyl (C=O) groups is 1. The predicted octanol–water partition coefficient (Wildman–Crippen LogP) is 3.45. The molecule has 0 aliphatic heterocycles. The normalized spacial score (nSPS) is 15.5. The highest BCUT2D eigenvalue weighted by Crippen LogP contribution is 2.20. The molecule has 0 atom stereocenters. The van der Waals surface area contributed by atoms with Crippen molar-refractivity contribution in [3.05, 3.63) is 17.5 Å². The Balaban J connectivity index is 1.94. The van der Waals surface area contributed by atoms with Crippen LogP contribution in [-0.2, 0) is 0 Å². The average Bonchev–Trinajstić information content (AvgIpc) is 2.52. The quantitative estimate of drug-likeness (QED) is 0.757. The largest absolute Gasteiger partial charge is 0.351 e. The smallest absolute Gasteiger partial charge is 0.270 e. The van der Waals surface area contributed by atoms with Crippen LogP contribution in [0.3, 0.4) is 0 Å². The van der Waals surface area contributed by atoms with Crippen molar-refractivity contribution >= 4 is 11.9 Å². The molecule has 0 spiro atoms. The summed E-state index contributed by atoms with van der Waals surface area (Å²) in [4.78, 5) is 21.0. The molecule has 2 N–H and O–H groups in total. The van der Waals surface area contributed by atoms with Gasteiger partial charge in [0.1, 0.15) is 5.69 Å². The highest BCUT2D eigenvalue weighted by molar-refractivity contribution is 5.92. The summed E-state index contributed by atoms with van der Waals surface area (Å²) in [5.74, 6) is 0.485. The summed E-state index contributed by atoms with van der Waals surface area (Å²) >= 11 is 0. The summed E-state index contributed by atoms with van der Waals surface area (Å²) in [6.07, 6.45) is 9.46. The van der Waals surface area contributed by atoms with E-state index in [1.807, 2.05) is 6.92 Å². The van der Waals surface area contributed by atoms with E-state index in [1.165, 1.54) is 19.3 Å². The molecule has 1 saturated carbocycles. The standard InChI is InChI=1S/C17H28N4O/c1-3-4-8-11-18-16(22)15-12-13(2)19-17(21-15)20-14-9-6-5-7-10-14/h12,14H,3-11H2,1-2H3,(H,18,22)(H,19,20,21). The van der Waals surface area contributed by atoms with E-state index in [0.717, 1.165) is 37.8 Å². The zero-order chi connectivity index (χ0) is 15.8. The van der Waals surface area contributed by atoms with Crippen LogP contribution in [-0.4, -0.2) is 28.5 Å². The van der Waals surface area contributed by atoms with Crippen molar-refractivity contribution in [2.75, 3.05) is 11.9 Å². The summed E-state index contributed by atoms with van der Waals surface area (Å²) < 4.78 is 0. The molecular formula is C17H28N4O. The van der Waals surface area contributed by atoms with Crippen molar-refractivity contribution < 1.29 is 4.79 Å². The molecule has 0 bridgehead atoms. The van der Waals surface area contributed by atoms with E-state index in [-0.39, 0.29) is 5.91 Å². The van der Waals surface area contributed by atoms with Crippen LogP contribution in [0.25, 0.3) is 0 Å². The summed E-state index contributed by atoms with van der Waals surface area (Å²) in [5, 5.41) is 6.33. The number of unbranched alkanes of at least 4 members (excludes halogenated alkanes) is 2. The van der Waals surface area contributed by atoms with Gasteiger partial charge in [0.15, 0.2) is 0 Å². The van der Waals surface area contributed by atoms with E-state index in [9.17, 15) is 4.79 Å². The molecule has 0 unspecified atom stereocenters. The molecule has 22 heavy (non-hydrogen) atoms. The van der Waals surface area contributed by atoms with Gasteiger partial charge in [0.25, 0.3) is 5.91 Å². The van der Waals surface area contributed by atoms with Gasteiger partial charge in [-0.1, -0.05) is 39.0 Å². The molecule has 1 aromatic heterocycles. The van der Waals surface area contributed by atoms with Crippen LogP contribution in [0.2, 0.25) is 0 Å². The Bertz CT molecular complexity index is 484. The van der Waals surface area contributed by atoms with E-state index in [0.29, 0.717) is 24.2 Å². The van der Waals surface area contributed by atoms with Gasteiger partial charge in [-0.15, -0.1) is 0 Å². The Hall–Kier alpha value is -1.65. The highest BCUT2D eigenvalue weighted by Gasteiger charge is 2.16. The lowest BCUT2D eigenvalue weighted by Gasteiger charge is -2.23. The number of hydrogen-bond donors (Lipinski definition) is 2. The van der Waals surface area contributed by atoms with Gasteiger partial charge in [0.2, 0.25) is 5.95 Å². The average molecular weight is 304 g/mol. The molecule has 1 heterocycles. The van der Waals surface area contributed by atoms with Crippen LogP contribution in [0, 0.1) is 6.92 Å². The number of nitrogens with one attached hydrogen (secondary N) is 2. The van der Waals surface area contributed by atoms with Gasteiger partial charge in [-0.25, -0.2) is 9.97 Å². The fourth-order valence-corrected chi connectivity index (χ4v) is 2.85. The molecule has 1 fully saturated rings. The number of nitrogens with zero attached hydrogens (tertiary/aromatic N) is 2. The van der Waals surface area contributed by atoms with E-state index in [2.05, 4.69) is 27.5 Å². The maximum absolute atomic E-state index is 12.2. The van der Waals surface area contributed by atoms with E-state index in [4.69, 9.17) is 0 Å². The molecule has 1 aromatic rings. The fraction of sp³-hybridized carbons (Fsp3) is 0.706. The van der Waals surface area contributed by atoms with Gasteiger partial charge >= 0.3 is 0 Å². The Morgan fingerprint density at radius 3 is 2.73 bits per heavy atom. The van der Waals surface area contributed by atoms with Crippen LogP contribution in [0.1, 0.15) is 74.5 Å². The van der Waals surface area contributed by atoms with Crippen molar-refractivity contribution in [1.82, 2.24) is 15.3 Å².